The summed E-state index contributed by atoms with van der Waals surface area (Å²) in [6.45, 7) is 9.11. The largest absolute Gasteiger partial charge is 0.462 e. The van der Waals surface area contributed by atoms with Crippen LogP contribution in [0.4, 0.5) is 5.69 Å². The van der Waals surface area contributed by atoms with Crippen LogP contribution in [0.1, 0.15) is 28.4 Å². The number of nitrogen functional groups attached to an aromatic ring is 1. The van der Waals surface area contributed by atoms with Crippen LogP contribution in [0.15, 0.2) is 12.1 Å². The maximum atomic E-state index is 12.0. The van der Waals surface area contributed by atoms with Gasteiger partial charge >= 0.3 is 5.97 Å². The summed E-state index contributed by atoms with van der Waals surface area (Å²) in [5.74, 6) is -0.335. The Kier molecular flexibility index (Phi) is 5.20. The highest BCUT2D eigenvalue weighted by molar-refractivity contribution is 5.96. The molecule has 5 nitrogen and oxygen atoms in total. The summed E-state index contributed by atoms with van der Waals surface area (Å²) in [6, 6.07) is 3.87. The van der Waals surface area contributed by atoms with Gasteiger partial charge in [0.25, 0.3) is 0 Å². The van der Waals surface area contributed by atoms with Crippen molar-refractivity contribution in [3.05, 3.63) is 28.8 Å². The summed E-state index contributed by atoms with van der Waals surface area (Å²) >= 11 is 0. The molecule has 1 aromatic carbocycles. The van der Waals surface area contributed by atoms with Gasteiger partial charge in [-0.15, -0.1) is 0 Å². The van der Waals surface area contributed by atoms with Crippen LogP contribution in [0.25, 0.3) is 0 Å². The highest BCUT2D eigenvalue weighted by atomic mass is 16.5. The number of hydrogen-bond acceptors (Lipinski definition) is 5. The lowest BCUT2D eigenvalue weighted by atomic mass is 10.0. The van der Waals surface area contributed by atoms with Gasteiger partial charge in [-0.2, -0.15) is 0 Å². The first kappa shape index (κ1) is 15.8. The minimum Gasteiger partial charge on any atom is -0.462 e. The summed E-state index contributed by atoms with van der Waals surface area (Å²) < 4.78 is 5.08. The lowest BCUT2D eigenvalue weighted by Gasteiger charge is -2.32. The highest BCUT2D eigenvalue weighted by Crippen LogP contribution is 2.23. The first-order valence-corrected chi connectivity index (χ1v) is 7.48. The molecule has 0 spiro atoms. The molecule has 1 aromatic rings. The van der Waals surface area contributed by atoms with Crippen molar-refractivity contribution < 1.29 is 9.53 Å². The van der Waals surface area contributed by atoms with Gasteiger partial charge in [-0.25, -0.2) is 4.79 Å². The number of nitrogens with two attached hydrogens (primary N) is 1. The van der Waals surface area contributed by atoms with Gasteiger partial charge < -0.3 is 15.4 Å². The van der Waals surface area contributed by atoms with Gasteiger partial charge in [-0.05, 0) is 38.1 Å². The number of hydrogen-bond donors (Lipinski definition) is 1. The quantitative estimate of drug-likeness (QED) is 0.673. The van der Waals surface area contributed by atoms with E-state index in [1.54, 1.807) is 13.0 Å². The van der Waals surface area contributed by atoms with Crippen molar-refractivity contribution in [2.75, 3.05) is 45.6 Å². The Labute approximate surface area is 126 Å². The Hall–Kier alpha value is -1.59. The number of esters is 1. The third-order valence-corrected chi connectivity index (χ3v) is 3.90. The second kappa shape index (κ2) is 6.91. The monoisotopic (exact) mass is 291 g/mol. The Morgan fingerprint density at radius 2 is 1.95 bits per heavy atom. The fourth-order valence-corrected chi connectivity index (χ4v) is 2.63. The number of ether oxygens (including phenoxy) is 1. The van der Waals surface area contributed by atoms with E-state index in [-0.39, 0.29) is 5.97 Å². The van der Waals surface area contributed by atoms with Crippen LogP contribution in [-0.4, -0.2) is 55.6 Å². The standard InChI is InChI=1S/C16H25N3O2/c1-4-21-16(20)14-10-12(2)9-13(15(14)17)11-19-7-5-18(3)6-8-19/h9-10H,4-8,11,17H2,1-3H3. The molecule has 1 aliphatic heterocycles. The van der Waals surface area contributed by atoms with Crippen LogP contribution in [0, 0.1) is 6.92 Å². The van der Waals surface area contributed by atoms with E-state index in [1.807, 2.05) is 6.92 Å². The predicted molar refractivity (Wildman–Crippen MR) is 84.3 cm³/mol. The van der Waals surface area contributed by atoms with E-state index in [1.165, 1.54) is 0 Å². The van der Waals surface area contributed by atoms with E-state index in [2.05, 4.69) is 22.9 Å². The maximum Gasteiger partial charge on any atom is 0.340 e. The molecule has 1 aliphatic rings. The molecule has 0 amide bonds. The minimum atomic E-state index is -0.335. The van der Waals surface area contributed by atoms with Crippen molar-refractivity contribution in [3.63, 3.8) is 0 Å². The van der Waals surface area contributed by atoms with Crippen molar-refractivity contribution in [3.8, 4) is 0 Å². The zero-order valence-electron chi connectivity index (χ0n) is 13.2. The summed E-state index contributed by atoms with van der Waals surface area (Å²) in [7, 11) is 2.14. The first-order valence-electron chi connectivity index (χ1n) is 7.48. The van der Waals surface area contributed by atoms with Gasteiger partial charge in [0, 0.05) is 32.7 Å². The van der Waals surface area contributed by atoms with Gasteiger partial charge in [0.05, 0.1) is 17.9 Å². The third-order valence-electron chi connectivity index (χ3n) is 3.90. The SMILES string of the molecule is CCOC(=O)c1cc(C)cc(CN2CCN(C)CC2)c1N. The number of nitrogens with zero attached hydrogens (tertiary/aromatic N) is 2. The van der Waals surface area contributed by atoms with Crippen molar-refractivity contribution in [2.45, 2.75) is 20.4 Å². The molecule has 0 aliphatic carbocycles. The van der Waals surface area contributed by atoms with E-state index in [9.17, 15) is 4.79 Å². The van der Waals surface area contributed by atoms with E-state index < -0.39 is 0 Å². The average Bonchev–Trinajstić information content (AvgIpc) is 2.45. The molecule has 1 saturated heterocycles. The number of carbonyl (C=O) groups excluding carboxylic acids is 1. The van der Waals surface area contributed by atoms with Gasteiger partial charge in [0.1, 0.15) is 0 Å². The van der Waals surface area contributed by atoms with Gasteiger partial charge in [-0.1, -0.05) is 6.07 Å². The summed E-state index contributed by atoms with van der Waals surface area (Å²) in [6.07, 6.45) is 0. The van der Waals surface area contributed by atoms with Gasteiger partial charge in [0.2, 0.25) is 0 Å². The Morgan fingerprint density at radius 1 is 1.29 bits per heavy atom. The molecule has 0 aromatic heterocycles. The molecule has 0 bridgehead atoms. The Morgan fingerprint density at radius 3 is 2.57 bits per heavy atom. The molecular formula is C16H25N3O2. The summed E-state index contributed by atoms with van der Waals surface area (Å²) in [4.78, 5) is 16.7. The van der Waals surface area contributed by atoms with Crippen molar-refractivity contribution in [1.29, 1.82) is 0 Å². The van der Waals surface area contributed by atoms with Crippen molar-refractivity contribution in [2.24, 2.45) is 0 Å². The van der Waals surface area contributed by atoms with Crippen LogP contribution in [0.3, 0.4) is 0 Å². The molecule has 0 unspecified atom stereocenters. The number of likely N-dealkylation sites (N-methyl/N-ethyl adjacent to an activating group) is 1. The van der Waals surface area contributed by atoms with Crippen LogP contribution < -0.4 is 5.73 Å². The minimum absolute atomic E-state index is 0.335. The molecule has 2 N–H and O–H groups in total. The summed E-state index contributed by atoms with van der Waals surface area (Å²) in [5.41, 5.74) is 9.29. The molecule has 2 rings (SSSR count). The number of carbonyl (C=O) groups is 1. The number of aryl methyl sites for hydroxylation is 1. The molecular weight excluding hydrogens is 266 g/mol. The number of benzene rings is 1. The van der Waals surface area contributed by atoms with E-state index in [0.29, 0.717) is 17.9 Å². The lowest BCUT2D eigenvalue weighted by molar-refractivity contribution is 0.0527. The van der Waals surface area contributed by atoms with Crippen LogP contribution in [0.2, 0.25) is 0 Å². The first-order chi connectivity index (χ1) is 10.0. The Bertz CT molecular complexity index is 508. The normalized spacial score (nSPS) is 16.9. The zero-order chi connectivity index (χ0) is 15.4. The fourth-order valence-electron chi connectivity index (χ4n) is 2.63. The van der Waals surface area contributed by atoms with Gasteiger partial charge in [0.15, 0.2) is 0 Å². The van der Waals surface area contributed by atoms with Crippen molar-refractivity contribution >= 4 is 11.7 Å². The van der Waals surface area contributed by atoms with Crippen LogP contribution in [-0.2, 0) is 11.3 Å². The highest BCUT2D eigenvalue weighted by Gasteiger charge is 2.19. The smallest absolute Gasteiger partial charge is 0.340 e. The van der Waals surface area contributed by atoms with Crippen molar-refractivity contribution in [1.82, 2.24) is 9.80 Å². The van der Waals surface area contributed by atoms with Gasteiger partial charge in [-0.3, -0.25) is 4.90 Å². The number of rotatable bonds is 4. The molecule has 5 heteroatoms. The molecule has 21 heavy (non-hydrogen) atoms. The predicted octanol–water partition coefficient (Wildman–Crippen LogP) is 1.50. The van der Waals surface area contributed by atoms with Crippen LogP contribution in [0.5, 0.6) is 0 Å². The lowest BCUT2D eigenvalue weighted by Crippen LogP contribution is -2.44. The van der Waals surface area contributed by atoms with E-state index in [0.717, 1.165) is 43.9 Å². The average molecular weight is 291 g/mol. The third kappa shape index (κ3) is 3.95. The molecule has 1 fully saturated rings. The topological polar surface area (TPSA) is 58.8 Å². The molecule has 116 valence electrons. The zero-order valence-corrected chi connectivity index (χ0v) is 13.2. The second-order valence-electron chi connectivity index (χ2n) is 5.69. The fraction of sp³-hybridized carbons (Fsp3) is 0.562. The summed E-state index contributed by atoms with van der Waals surface area (Å²) in [5, 5.41) is 0. The van der Waals surface area contributed by atoms with E-state index >= 15 is 0 Å². The molecule has 1 heterocycles. The number of piperazine rings is 1. The molecule has 0 atom stereocenters. The molecule has 0 radical (unpaired) electrons. The molecule has 0 saturated carbocycles. The number of anilines is 1. The van der Waals surface area contributed by atoms with E-state index in [4.69, 9.17) is 10.5 Å². The maximum absolute atomic E-state index is 12.0. The second-order valence-corrected chi connectivity index (χ2v) is 5.69. The van der Waals surface area contributed by atoms with Crippen LogP contribution >= 0.6 is 0 Å². The Balaban J connectivity index is 2.17.